The number of likely N-dealkylation sites (tertiary alicyclic amines) is 1. The van der Waals surface area contributed by atoms with Gasteiger partial charge in [-0.15, -0.1) is 0 Å². The van der Waals surface area contributed by atoms with E-state index in [1.165, 1.54) is 12.3 Å². The molecule has 0 spiro atoms. The van der Waals surface area contributed by atoms with Gasteiger partial charge in [-0.25, -0.2) is 9.78 Å². The minimum atomic E-state index is -1.04. The molecule has 0 radical (unpaired) electrons. The number of hydrogen-bond donors (Lipinski definition) is 2. The molecular formula is C11H14ClN3O2. The lowest BCUT2D eigenvalue weighted by Crippen LogP contribution is -2.24. The molecule has 17 heavy (non-hydrogen) atoms. The van der Waals surface area contributed by atoms with Crippen LogP contribution in [-0.2, 0) is 0 Å². The standard InChI is InChI=1S/C11H14ClN3O2/c1-15-3-2-7(6-15)14-10-4-8(11(16)17)9(12)5-13-10/h4-5,7H,2-3,6H2,1H3,(H,13,14)(H,16,17). The number of aromatic carboxylic acids is 1. The van der Waals surface area contributed by atoms with Crippen molar-refractivity contribution in [2.24, 2.45) is 0 Å². The fourth-order valence-corrected chi connectivity index (χ4v) is 2.13. The highest BCUT2D eigenvalue weighted by atomic mass is 35.5. The van der Waals surface area contributed by atoms with Crippen molar-refractivity contribution in [1.82, 2.24) is 9.88 Å². The van der Waals surface area contributed by atoms with E-state index in [0.717, 1.165) is 19.5 Å². The number of anilines is 1. The van der Waals surface area contributed by atoms with E-state index in [-0.39, 0.29) is 10.6 Å². The first-order valence-electron chi connectivity index (χ1n) is 5.40. The third kappa shape index (κ3) is 2.87. The van der Waals surface area contributed by atoms with E-state index in [4.69, 9.17) is 16.7 Å². The molecule has 6 heteroatoms. The van der Waals surface area contributed by atoms with Crippen LogP contribution in [0.1, 0.15) is 16.8 Å². The van der Waals surface area contributed by atoms with E-state index >= 15 is 0 Å². The van der Waals surface area contributed by atoms with E-state index in [1.807, 2.05) is 0 Å². The summed E-state index contributed by atoms with van der Waals surface area (Å²) >= 11 is 5.75. The van der Waals surface area contributed by atoms with Crippen LogP contribution >= 0.6 is 11.6 Å². The van der Waals surface area contributed by atoms with Crippen molar-refractivity contribution in [2.75, 3.05) is 25.5 Å². The van der Waals surface area contributed by atoms with Crippen molar-refractivity contribution < 1.29 is 9.90 Å². The molecule has 0 aliphatic carbocycles. The Morgan fingerprint density at radius 2 is 2.47 bits per heavy atom. The average molecular weight is 256 g/mol. The lowest BCUT2D eigenvalue weighted by molar-refractivity contribution is 0.0697. The Labute approximate surface area is 104 Å². The largest absolute Gasteiger partial charge is 0.478 e. The van der Waals surface area contributed by atoms with Crippen molar-refractivity contribution in [3.8, 4) is 0 Å². The summed E-state index contributed by atoms with van der Waals surface area (Å²) in [6.45, 7) is 1.98. The first-order chi connectivity index (χ1) is 8.06. The summed E-state index contributed by atoms with van der Waals surface area (Å²) in [4.78, 5) is 17.2. The zero-order valence-electron chi connectivity index (χ0n) is 9.48. The SMILES string of the molecule is CN1CCC(Nc2cc(C(=O)O)c(Cl)cn2)C1. The summed E-state index contributed by atoms with van der Waals surface area (Å²) in [5.74, 6) is -0.476. The molecular weight excluding hydrogens is 242 g/mol. The molecule has 1 fully saturated rings. The molecule has 1 atom stereocenters. The van der Waals surface area contributed by atoms with Gasteiger partial charge in [-0.05, 0) is 26.1 Å². The third-order valence-electron chi connectivity index (χ3n) is 2.83. The van der Waals surface area contributed by atoms with Crippen LogP contribution in [0, 0.1) is 0 Å². The third-order valence-corrected chi connectivity index (χ3v) is 3.13. The molecule has 2 rings (SSSR count). The Morgan fingerprint density at radius 3 is 3.06 bits per heavy atom. The predicted molar refractivity (Wildman–Crippen MR) is 65.7 cm³/mol. The van der Waals surface area contributed by atoms with Crippen LogP contribution in [0.4, 0.5) is 5.82 Å². The monoisotopic (exact) mass is 255 g/mol. The van der Waals surface area contributed by atoms with Crippen molar-refractivity contribution in [3.05, 3.63) is 22.8 Å². The highest BCUT2D eigenvalue weighted by molar-refractivity contribution is 6.33. The first kappa shape index (κ1) is 12.1. The van der Waals surface area contributed by atoms with Crippen LogP contribution in [-0.4, -0.2) is 47.1 Å². The minimum Gasteiger partial charge on any atom is -0.478 e. The number of carbonyl (C=O) groups is 1. The Bertz CT molecular complexity index is 439. The van der Waals surface area contributed by atoms with Crippen molar-refractivity contribution in [1.29, 1.82) is 0 Å². The van der Waals surface area contributed by atoms with Crippen molar-refractivity contribution >= 4 is 23.4 Å². The lowest BCUT2D eigenvalue weighted by atomic mass is 10.2. The van der Waals surface area contributed by atoms with Crippen LogP contribution < -0.4 is 5.32 Å². The van der Waals surface area contributed by atoms with Gasteiger partial charge in [-0.2, -0.15) is 0 Å². The number of nitrogens with zero attached hydrogens (tertiary/aromatic N) is 2. The Morgan fingerprint density at radius 1 is 1.71 bits per heavy atom. The van der Waals surface area contributed by atoms with Crippen LogP contribution in [0.3, 0.4) is 0 Å². The van der Waals surface area contributed by atoms with Crippen LogP contribution in [0.15, 0.2) is 12.3 Å². The molecule has 1 saturated heterocycles. The second-order valence-electron chi connectivity index (χ2n) is 4.25. The molecule has 2 N–H and O–H groups in total. The predicted octanol–water partition coefficient (Wildman–Crippen LogP) is 1.55. The Hall–Kier alpha value is -1.33. The topological polar surface area (TPSA) is 65.5 Å². The number of likely N-dealkylation sites (N-methyl/N-ethyl adjacent to an activating group) is 1. The van der Waals surface area contributed by atoms with Gasteiger partial charge in [0.25, 0.3) is 0 Å². The van der Waals surface area contributed by atoms with E-state index in [1.54, 1.807) is 0 Å². The van der Waals surface area contributed by atoms with Gasteiger partial charge in [0.05, 0.1) is 10.6 Å². The molecule has 0 bridgehead atoms. The highest BCUT2D eigenvalue weighted by Gasteiger charge is 2.20. The van der Waals surface area contributed by atoms with Crippen LogP contribution in [0.2, 0.25) is 5.02 Å². The van der Waals surface area contributed by atoms with Crippen molar-refractivity contribution in [2.45, 2.75) is 12.5 Å². The maximum Gasteiger partial charge on any atom is 0.337 e. The van der Waals surface area contributed by atoms with E-state index < -0.39 is 5.97 Å². The molecule has 0 saturated carbocycles. The number of hydrogen-bond acceptors (Lipinski definition) is 4. The summed E-state index contributed by atoms with van der Waals surface area (Å²) in [7, 11) is 2.06. The average Bonchev–Trinajstić information content (AvgIpc) is 2.66. The Balaban J connectivity index is 2.11. The van der Waals surface area contributed by atoms with Gasteiger partial charge < -0.3 is 15.3 Å². The van der Waals surface area contributed by atoms with Gasteiger partial charge in [-0.3, -0.25) is 0 Å². The zero-order chi connectivity index (χ0) is 12.4. The summed E-state index contributed by atoms with van der Waals surface area (Å²) in [6.07, 6.45) is 2.40. The molecule has 1 aliphatic rings. The number of nitrogens with one attached hydrogen (secondary N) is 1. The smallest absolute Gasteiger partial charge is 0.337 e. The number of halogens is 1. The first-order valence-corrected chi connectivity index (χ1v) is 5.78. The Kier molecular flexibility index (Phi) is 3.49. The normalized spacial score (nSPS) is 20.5. The number of carboxylic acid groups (broad SMARTS) is 1. The number of rotatable bonds is 3. The van der Waals surface area contributed by atoms with Gasteiger partial charge in [0.1, 0.15) is 5.82 Å². The second-order valence-corrected chi connectivity index (χ2v) is 4.65. The second kappa shape index (κ2) is 4.89. The van der Waals surface area contributed by atoms with Crippen LogP contribution in [0.25, 0.3) is 0 Å². The van der Waals surface area contributed by atoms with E-state index in [0.29, 0.717) is 11.9 Å². The van der Waals surface area contributed by atoms with Crippen LogP contribution in [0.5, 0.6) is 0 Å². The van der Waals surface area contributed by atoms with Gasteiger partial charge >= 0.3 is 5.97 Å². The number of carboxylic acids is 1. The fraction of sp³-hybridized carbons (Fsp3) is 0.455. The summed E-state index contributed by atoms with van der Waals surface area (Å²) in [6, 6.07) is 1.79. The molecule has 92 valence electrons. The van der Waals surface area contributed by atoms with E-state index in [9.17, 15) is 4.79 Å². The molecule has 2 heterocycles. The fourth-order valence-electron chi connectivity index (χ4n) is 1.94. The van der Waals surface area contributed by atoms with Gasteiger partial charge in [-0.1, -0.05) is 11.6 Å². The summed E-state index contributed by atoms with van der Waals surface area (Å²) < 4.78 is 0. The summed E-state index contributed by atoms with van der Waals surface area (Å²) in [5.41, 5.74) is 0.0792. The van der Waals surface area contributed by atoms with E-state index in [2.05, 4.69) is 22.2 Å². The maximum absolute atomic E-state index is 10.9. The zero-order valence-corrected chi connectivity index (χ0v) is 10.2. The minimum absolute atomic E-state index is 0.0792. The molecule has 1 aromatic rings. The number of pyridine rings is 1. The molecule has 1 aromatic heterocycles. The molecule has 1 unspecified atom stereocenters. The van der Waals surface area contributed by atoms with Crippen molar-refractivity contribution in [3.63, 3.8) is 0 Å². The lowest BCUT2D eigenvalue weighted by Gasteiger charge is -2.13. The van der Waals surface area contributed by atoms with Gasteiger partial charge in [0.15, 0.2) is 0 Å². The quantitative estimate of drug-likeness (QED) is 0.858. The maximum atomic E-state index is 10.9. The summed E-state index contributed by atoms with van der Waals surface area (Å²) in [5, 5.41) is 12.3. The molecule has 1 aliphatic heterocycles. The van der Waals surface area contributed by atoms with Gasteiger partial charge in [0.2, 0.25) is 0 Å². The molecule has 5 nitrogen and oxygen atoms in total. The molecule has 0 amide bonds. The number of aromatic nitrogens is 1. The molecule has 0 aromatic carbocycles. The van der Waals surface area contributed by atoms with Gasteiger partial charge in [0, 0.05) is 18.8 Å². The highest BCUT2D eigenvalue weighted by Crippen LogP contribution is 2.19.